The summed E-state index contributed by atoms with van der Waals surface area (Å²) >= 11 is 0. The number of alkyl halides is 2. The maximum Gasteiger partial charge on any atom is 0.303 e. The zero-order chi connectivity index (χ0) is 29.8. The Morgan fingerprint density at radius 3 is 2.83 bits per heavy atom. The second kappa shape index (κ2) is 10.5. The van der Waals surface area contributed by atoms with Gasteiger partial charge in [0.05, 0.1) is 11.1 Å². The fraction of sp³-hybridized carbons (Fsp3) is 0.448. The van der Waals surface area contributed by atoms with Gasteiger partial charge in [-0.15, -0.1) is 5.10 Å². The van der Waals surface area contributed by atoms with Crippen LogP contribution in [0.4, 0.5) is 14.6 Å². The molecule has 42 heavy (non-hydrogen) atoms. The number of allylic oxidation sites excluding steroid dienone is 3. The van der Waals surface area contributed by atoms with Gasteiger partial charge in [0, 0.05) is 56.7 Å². The van der Waals surface area contributed by atoms with E-state index in [0.29, 0.717) is 23.4 Å². The van der Waals surface area contributed by atoms with Crippen LogP contribution in [-0.2, 0) is 27.3 Å². The van der Waals surface area contributed by atoms with Crippen molar-refractivity contribution < 1.29 is 27.1 Å². The van der Waals surface area contributed by atoms with Crippen molar-refractivity contribution in [2.45, 2.75) is 55.4 Å². The Kier molecular flexibility index (Phi) is 7.12. The number of aryl methyl sites for hydroxylation is 1. The number of hydrogen-bond acceptors (Lipinski definition) is 7. The van der Waals surface area contributed by atoms with Crippen molar-refractivity contribution in [1.82, 2.24) is 24.3 Å². The molecule has 1 saturated heterocycles. The Hall–Kier alpha value is -3.71. The molecule has 0 bridgehead atoms. The summed E-state index contributed by atoms with van der Waals surface area (Å²) in [7, 11) is -2.35. The Labute approximate surface area is 242 Å². The molecule has 2 aromatic heterocycles. The molecule has 3 aliphatic rings. The molecular formula is C29H32F2N6O4S. The van der Waals surface area contributed by atoms with Gasteiger partial charge < -0.3 is 10.0 Å². The Balaban J connectivity index is 1.47. The molecule has 2 unspecified atom stereocenters. The molecule has 6 rings (SSSR count). The van der Waals surface area contributed by atoms with Crippen molar-refractivity contribution in [3.05, 3.63) is 65.4 Å². The third-order valence-corrected chi connectivity index (χ3v) is 10.8. The number of carboxylic acids is 1. The number of aliphatic carboxylic acids is 1. The minimum atomic E-state index is -3.99. The minimum absolute atomic E-state index is 0.0135. The van der Waals surface area contributed by atoms with Gasteiger partial charge in [-0.3, -0.25) is 4.79 Å². The van der Waals surface area contributed by atoms with Gasteiger partial charge in [-0.25, -0.2) is 26.9 Å². The standard InChI is InChI=1S/C29H32F2N6O4S/c1-29(21-8-9-22-26(25(21)27(30)31)33-34-35(22)2)12-11-18(7-10-24(38)39)15-19(29)16-36-17-20-5-4-14-37(20)28-23(42(36,40)41)6-3-13-32-28/h3,6,8-9,11-13,15,19-20,27H,4-5,7,10,14,16-17H2,1-2H3,(H,38,39)/t19?,20-,29?/m1/s1. The molecule has 222 valence electrons. The summed E-state index contributed by atoms with van der Waals surface area (Å²) in [4.78, 5) is 18.0. The second-order valence-corrected chi connectivity index (χ2v) is 13.3. The molecule has 0 saturated carbocycles. The highest BCUT2D eigenvalue weighted by molar-refractivity contribution is 7.89. The monoisotopic (exact) mass is 598 g/mol. The van der Waals surface area contributed by atoms with E-state index in [0.717, 1.165) is 18.4 Å². The zero-order valence-electron chi connectivity index (χ0n) is 23.3. The first-order valence-corrected chi connectivity index (χ1v) is 15.4. The topological polar surface area (TPSA) is 122 Å². The fourth-order valence-corrected chi connectivity index (χ4v) is 8.28. The number of hydrogen-bond donors (Lipinski definition) is 1. The maximum atomic E-state index is 14.8. The highest BCUT2D eigenvalue weighted by Gasteiger charge is 2.45. The van der Waals surface area contributed by atoms with E-state index in [1.165, 1.54) is 8.99 Å². The number of fused-ring (bicyclic) bond motifs is 4. The molecule has 1 aromatic carbocycles. The van der Waals surface area contributed by atoms with Crippen LogP contribution in [0, 0.1) is 5.92 Å². The number of aromatic nitrogens is 4. The summed E-state index contributed by atoms with van der Waals surface area (Å²) < 4.78 is 60.7. The highest BCUT2D eigenvalue weighted by atomic mass is 32.2. The van der Waals surface area contributed by atoms with Crippen molar-refractivity contribution in [2.24, 2.45) is 13.0 Å². The molecule has 0 radical (unpaired) electrons. The summed E-state index contributed by atoms with van der Waals surface area (Å²) in [5.41, 5.74) is 0.317. The van der Waals surface area contributed by atoms with Gasteiger partial charge in [-0.2, -0.15) is 4.31 Å². The van der Waals surface area contributed by atoms with Gasteiger partial charge in [0.2, 0.25) is 10.0 Å². The second-order valence-electron chi connectivity index (χ2n) is 11.4. The molecule has 1 N–H and O–H groups in total. The van der Waals surface area contributed by atoms with Crippen molar-refractivity contribution >= 4 is 32.8 Å². The normalized spacial score (nSPS) is 25.4. The summed E-state index contributed by atoms with van der Waals surface area (Å²) in [5.74, 6) is -1.09. The average Bonchev–Trinajstić information content (AvgIpc) is 3.56. The van der Waals surface area contributed by atoms with E-state index in [9.17, 15) is 27.1 Å². The summed E-state index contributed by atoms with van der Waals surface area (Å²) in [6.07, 6.45) is 6.02. The van der Waals surface area contributed by atoms with Crippen molar-refractivity contribution in [2.75, 3.05) is 24.5 Å². The molecule has 10 nitrogen and oxygen atoms in total. The van der Waals surface area contributed by atoms with Crippen LogP contribution in [0.2, 0.25) is 0 Å². The third kappa shape index (κ3) is 4.68. The fourth-order valence-electron chi connectivity index (χ4n) is 6.62. The van der Waals surface area contributed by atoms with E-state index in [1.54, 1.807) is 49.7 Å². The molecule has 2 aliphatic heterocycles. The van der Waals surface area contributed by atoms with Crippen LogP contribution >= 0.6 is 0 Å². The molecule has 13 heteroatoms. The van der Waals surface area contributed by atoms with E-state index in [1.807, 2.05) is 13.0 Å². The van der Waals surface area contributed by atoms with Crippen LogP contribution in [0.15, 0.2) is 59.2 Å². The summed E-state index contributed by atoms with van der Waals surface area (Å²) in [6, 6.07) is 6.46. The third-order valence-electron chi connectivity index (χ3n) is 8.91. The molecular weight excluding hydrogens is 566 g/mol. The van der Waals surface area contributed by atoms with Crippen molar-refractivity contribution in [3.63, 3.8) is 0 Å². The lowest BCUT2D eigenvalue weighted by Crippen LogP contribution is -2.46. The molecule has 0 spiro atoms. The van der Waals surface area contributed by atoms with Crippen LogP contribution in [0.25, 0.3) is 11.0 Å². The molecule has 3 aromatic rings. The number of halogens is 2. The van der Waals surface area contributed by atoms with Crippen molar-refractivity contribution in [1.29, 1.82) is 0 Å². The number of benzene rings is 1. The molecule has 1 fully saturated rings. The number of rotatable bonds is 7. The minimum Gasteiger partial charge on any atom is -0.481 e. The largest absolute Gasteiger partial charge is 0.481 e. The van der Waals surface area contributed by atoms with Gasteiger partial charge in [0.1, 0.15) is 16.2 Å². The lowest BCUT2D eigenvalue weighted by molar-refractivity contribution is -0.136. The quantitative estimate of drug-likeness (QED) is 0.430. The summed E-state index contributed by atoms with van der Waals surface area (Å²) in [6.45, 7) is 2.78. The highest BCUT2D eigenvalue weighted by Crippen LogP contribution is 2.46. The molecule has 4 heterocycles. The Morgan fingerprint density at radius 1 is 1.26 bits per heavy atom. The number of pyridine rings is 1. The number of sulfonamides is 1. The molecule has 0 amide bonds. The molecule has 1 aliphatic carbocycles. The predicted molar refractivity (Wildman–Crippen MR) is 152 cm³/mol. The van der Waals surface area contributed by atoms with Gasteiger partial charge in [0.25, 0.3) is 6.43 Å². The number of anilines is 1. The van der Waals surface area contributed by atoms with E-state index < -0.39 is 33.8 Å². The first-order valence-electron chi connectivity index (χ1n) is 13.9. The SMILES string of the molecule is Cn1nnc2c(C(F)F)c(C3(C)C=CC(CCC(=O)O)=CC3CN3C[C@H]4CCCN4c4ncccc4S3(=O)=O)ccc21. The van der Waals surface area contributed by atoms with Gasteiger partial charge in [0.15, 0.2) is 0 Å². The first kappa shape index (κ1) is 28.4. The van der Waals surface area contributed by atoms with Gasteiger partial charge >= 0.3 is 5.97 Å². The lowest BCUT2D eigenvalue weighted by Gasteiger charge is -2.40. The summed E-state index contributed by atoms with van der Waals surface area (Å²) in [5, 5.41) is 17.3. The van der Waals surface area contributed by atoms with Crippen LogP contribution in [0.3, 0.4) is 0 Å². The Morgan fingerprint density at radius 2 is 2.07 bits per heavy atom. The first-order chi connectivity index (χ1) is 20.0. The number of nitrogens with zero attached hydrogens (tertiary/aromatic N) is 6. The van der Waals surface area contributed by atoms with Gasteiger partial charge in [-0.05, 0) is 43.0 Å². The van der Waals surface area contributed by atoms with E-state index in [4.69, 9.17) is 0 Å². The van der Waals surface area contributed by atoms with Crippen LogP contribution in [0.1, 0.15) is 50.2 Å². The van der Waals surface area contributed by atoms with E-state index in [-0.39, 0.29) is 47.9 Å². The number of carboxylic acid groups (broad SMARTS) is 1. The van der Waals surface area contributed by atoms with Gasteiger partial charge in [-0.1, -0.05) is 42.0 Å². The smallest absolute Gasteiger partial charge is 0.303 e. The van der Waals surface area contributed by atoms with E-state index >= 15 is 0 Å². The lowest BCUT2D eigenvalue weighted by atomic mass is 9.66. The Bertz CT molecular complexity index is 1720. The maximum absolute atomic E-state index is 14.8. The van der Waals surface area contributed by atoms with E-state index in [2.05, 4.69) is 20.2 Å². The molecule has 3 atom stereocenters. The van der Waals surface area contributed by atoms with Crippen LogP contribution < -0.4 is 4.90 Å². The van der Waals surface area contributed by atoms with Crippen LogP contribution in [0.5, 0.6) is 0 Å². The predicted octanol–water partition coefficient (Wildman–Crippen LogP) is 4.21. The van der Waals surface area contributed by atoms with Crippen molar-refractivity contribution in [3.8, 4) is 0 Å². The average molecular weight is 599 g/mol. The number of carbonyl (C=O) groups is 1. The van der Waals surface area contributed by atoms with Crippen LogP contribution in [-0.4, -0.2) is 69.5 Å². The zero-order valence-corrected chi connectivity index (χ0v) is 24.1.